The monoisotopic (exact) mass is 283 g/mol. The average molecular weight is 283 g/mol. The molecule has 0 unspecified atom stereocenters. The van der Waals surface area contributed by atoms with Crippen LogP contribution in [-0.2, 0) is 6.61 Å². The minimum atomic E-state index is -0.963. The van der Waals surface area contributed by atoms with E-state index in [1.807, 2.05) is 18.5 Å². The molecule has 1 aromatic carbocycles. The van der Waals surface area contributed by atoms with Gasteiger partial charge in [0.25, 0.3) is 0 Å². The molecule has 0 bridgehead atoms. The van der Waals surface area contributed by atoms with E-state index in [9.17, 15) is 4.79 Å². The Balaban J connectivity index is 1.81. The van der Waals surface area contributed by atoms with Crippen LogP contribution in [0.15, 0.2) is 42.9 Å². The molecule has 2 heterocycles. The number of nitrogens with zero attached hydrogens (tertiary/aromatic N) is 3. The Morgan fingerprint density at radius 3 is 3.00 bits per heavy atom. The molecule has 0 aliphatic carbocycles. The third kappa shape index (κ3) is 2.55. The summed E-state index contributed by atoms with van der Waals surface area (Å²) < 4.78 is 7.48. The summed E-state index contributed by atoms with van der Waals surface area (Å²) >= 11 is 0. The maximum Gasteiger partial charge on any atom is 0.336 e. The van der Waals surface area contributed by atoms with Gasteiger partial charge in [0, 0.05) is 24.2 Å². The molecule has 0 saturated heterocycles. The first-order valence-corrected chi connectivity index (χ1v) is 6.39. The van der Waals surface area contributed by atoms with Gasteiger partial charge in [0.15, 0.2) is 0 Å². The van der Waals surface area contributed by atoms with E-state index in [1.54, 1.807) is 35.7 Å². The molecule has 0 atom stereocenters. The Morgan fingerprint density at radius 1 is 1.38 bits per heavy atom. The highest BCUT2D eigenvalue weighted by atomic mass is 16.5. The number of hydrogen-bond donors (Lipinski definition) is 1. The van der Waals surface area contributed by atoms with E-state index < -0.39 is 5.97 Å². The van der Waals surface area contributed by atoms with Crippen molar-refractivity contribution in [1.29, 1.82) is 0 Å². The lowest BCUT2D eigenvalue weighted by Gasteiger charge is -2.09. The van der Waals surface area contributed by atoms with E-state index in [1.165, 1.54) is 0 Å². The van der Waals surface area contributed by atoms with Crippen molar-refractivity contribution in [3.8, 4) is 5.75 Å². The Kier molecular flexibility index (Phi) is 3.27. The molecule has 2 aromatic heterocycles. The van der Waals surface area contributed by atoms with Crippen LogP contribution < -0.4 is 4.74 Å². The standard InChI is InChI=1S/C15H13N3O3/c1-10-12(14(19)20)4-2-5-13(10)21-9-11-8-18-7-3-6-16-15(18)17-11/h2-8H,9H2,1H3,(H,19,20). The van der Waals surface area contributed by atoms with Crippen molar-refractivity contribution in [2.45, 2.75) is 13.5 Å². The van der Waals surface area contributed by atoms with Crippen molar-refractivity contribution in [3.05, 3.63) is 59.7 Å². The van der Waals surface area contributed by atoms with Crippen molar-refractivity contribution < 1.29 is 14.6 Å². The highest BCUT2D eigenvalue weighted by Gasteiger charge is 2.11. The molecule has 6 heteroatoms. The highest BCUT2D eigenvalue weighted by Crippen LogP contribution is 2.22. The molecule has 1 N–H and O–H groups in total. The molecule has 0 aliphatic heterocycles. The van der Waals surface area contributed by atoms with Gasteiger partial charge in [-0.05, 0) is 25.1 Å². The van der Waals surface area contributed by atoms with E-state index >= 15 is 0 Å². The molecule has 0 spiro atoms. The predicted molar refractivity (Wildman–Crippen MR) is 75.5 cm³/mol. The lowest BCUT2D eigenvalue weighted by molar-refractivity contribution is 0.0695. The van der Waals surface area contributed by atoms with Crippen LogP contribution in [0.2, 0.25) is 0 Å². The van der Waals surface area contributed by atoms with Gasteiger partial charge in [-0.2, -0.15) is 0 Å². The van der Waals surface area contributed by atoms with E-state index in [0.717, 1.165) is 5.69 Å². The van der Waals surface area contributed by atoms with Crippen LogP contribution in [0.3, 0.4) is 0 Å². The first-order valence-electron chi connectivity index (χ1n) is 6.39. The lowest BCUT2D eigenvalue weighted by Crippen LogP contribution is -2.03. The van der Waals surface area contributed by atoms with Gasteiger partial charge in [-0.25, -0.2) is 14.8 Å². The number of fused-ring (bicyclic) bond motifs is 1. The Bertz CT molecular complexity index is 778. The van der Waals surface area contributed by atoms with Crippen LogP contribution in [-0.4, -0.2) is 25.4 Å². The number of aromatic carboxylic acids is 1. The maximum atomic E-state index is 11.1. The second-order valence-electron chi connectivity index (χ2n) is 4.58. The molecule has 0 saturated carbocycles. The minimum Gasteiger partial charge on any atom is -0.487 e. The molecular weight excluding hydrogens is 270 g/mol. The molecular formula is C15H13N3O3. The van der Waals surface area contributed by atoms with Crippen molar-refractivity contribution >= 4 is 11.7 Å². The third-order valence-electron chi connectivity index (χ3n) is 3.18. The predicted octanol–water partition coefficient (Wildman–Crippen LogP) is 2.31. The number of rotatable bonds is 4. The van der Waals surface area contributed by atoms with Crippen LogP contribution in [0.1, 0.15) is 21.6 Å². The number of benzene rings is 1. The van der Waals surface area contributed by atoms with Crippen molar-refractivity contribution in [3.63, 3.8) is 0 Å². The molecule has 0 aliphatic rings. The molecule has 0 amide bonds. The summed E-state index contributed by atoms with van der Waals surface area (Å²) in [7, 11) is 0. The van der Waals surface area contributed by atoms with Gasteiger partial charge >= 0.3 is 5.97 Å². The van der Waals surface area contributed by atoms with Crippen molar-refractivity contribution in [2.75, 3.05) is 0 Å². The summed E-state index contributed by atoms with van der Waals surface area (Å²) in [5.41, 5.74) is 1.57. The Morgan fingerprint density at radius 2 is 2.24 bits per heavy atom. The first-order chi connectivity index (χ1) is 10.1. The zero-order valence-electron chi connectivity index (χ0n) is 11.4. The fraction of sp³-hybridized carbons (Fsp3) is 0.133. The van der Waals surface area contributed by atoms with E-state index in [0.29, 0.717) is 17.1 Å². The first kappa shape index (κ1) is 13.1. The van der Waals surface area contributed by atoms with Gasteiger partial charge in [-0.15, -0.1) is 0 Å². The number of hydrogen-bond acceptors (Lipinski definition) is 4. The van der Waals surface area contributed by atoms with Crippen molar-refractivity contribution in [2.24, 2.45) is 0 Å². The fourth-order valence-corrected chi connectivity index (χ4v) is 2.10. The summed E-state index contributed by atoms with van der Waals surface area (Å²) in [6, 6.07) is 6.78. The quantitative estimate of drug-likeness (QED) is 0.795. The van der Waals surface area contributed by atoms with Gasteiger partial charge in [0.1, 0.15) is 12.4 Å². The largest absolute Gasteiger partial charge is 0.487 e. The van der Waals surface area contributed by atoms with Crippen LogP contribution >= 0.6 is 0 Å². The third-order valence-corrected chi connectivity index (χ3v) is 3.18. The SMILES string of the molecule is Cc1c(OCc2cn3cccnc3n2)cccc1C(=O)O. The van der Waals surface area contributed by atoms with Gasteiger partial charge in [0.05, 0.1) is 11.3 Å². The Labute approximate surface area is 120 Å². The van der Waals surface area contributed by atoms with Crippen molar-refractivity contribution in [1.82, 2.24) is 14.4 Å². The molecule has 0 fully saturated rings. The molecule has 106 valence electrons. The maximum absolute atomic E-state index is 11.1. The van der Waals surface area contributed by atoms with Gasteiger partial charge in [0.2, 0.25) is 5.78 Å². The number of carbonyl (C=O) groups is 1. The van der Waals surface area contributed by atoms with Crippen LogP contribution in [0.4, 0.5) is 0 Å². The van der Waals surface area contributed by atoms with E-state index in [4.69, 9.17) is 9.84 Å². The summed E-state index contributed by atoms with van der Waals surface area (Å²) in [6.45, 7) is 1.98. The second kappa shape index (κ2) is 5.24. The molecule has 6 nitrogen and oxygen atoms in total. The van der Waals surface area contributed by atoms with E-state index in [2.05, 4.69) is 9.97 Å². The number of imidazole rings is 1. The summed E-state index contributed by atoms with van der Waals surface area (Å²) in [6.07, 6.45) is 5.36. The molecule has 3 aromatic rings. The van der Waals surface area contributed by atoms with Gasteiger partial charge in [-0.3, -0.25) is 4.40 Å². The molecule has 21 heavy (non-hydrogen) atoms. The van der Waals surface area contributed by atoms with Crippen LogP contribution in [0.5, 0.6) is 5.75 Å². The van der Waals surface area contributed by atoms with Gasteiger partial charge in [-0.1, -0.05) is 6.07 Å². The number of aromatic nitrogens is 3. The zero-order chi connectivity index (χ0) is 14.8. The topological polar surface area (TPSA) is 76.7 Å². The smallest absolute Gasteiger partial charge is 0.336 e. The minimum absolute atomic E-state index is 0.240. The van der Waals surface area contributed by atoms with Crippen LogP contribution in [0.25, 0.3) is 5.78 Å². The Hall–Kier alpha value is -2.89. The van der Waals surface area contributed by atoms with Crippen LogP contribution in [0, 0.1) is 6.92 Å². The fourth-order valence-electron chi connectivity index (χ4n) is 2.10. The number of carboxylic acids is 1. The average Bonchev–Trinajstić information content (AvgIpc) is 2.88. The highest BCUT2D eigenvalue weighted by molar-refractivity contribution is 5.90. The summed E-state index contributed by atoms with van der Waals surface area (Å²) in [5.74, 6) is 0.182. The zero-order valence-corrected chi connectivity index (χ0v) is 11.4. The number of carboxylic acid groups (broad SMARTS) is 1. The molecule has 3 rings (SSSR count). The molecule has 0 radical (unpaired) electrons. The van der Waals surface area contributed by atoms with E-state index in [-0.39, 0.29) is 12.2 Å². The van der Waals surface area contributed by atoms with Gasteiger partial charge < -0.3 is 9.84 Å². The summed E-state index contributed by atoms with van der Waals surface area (Å²) in [5, 5.41) is 9.09. The second-order valence-corrected chi connectivity index (χ2v) is 4.58. The normalized spacial score (nSPS) is 10.7. The number of ether oxygens (including phenoxy) is 1. The lowest BCUT2D eigenvalue weighted by atomic mass is 10.1. The summed E-state index contributed by atoms with van der Waals surface area (Å²) in [4.78, 5) is 19.5.